The Labute approximate surface area is 281 Å². The van der Waals surface area contributed by atoms with E-state index in [0.29, 0.717) is 12.8 Å². The highest BCUT2D eigenvalue weighted by Gasteiger charge is 2.47. The quantitative estimate of drug-likeness (QED) is 0.140. The van der Waals surface area contributed by atoms with Crippen molar-refractivity contribution in [3.8, 4) is 0 Å². The second-order valence-corrected chi connectivity index (χ2v) is 14.3. The first-order chi connectivity index (χ1) is 22.8. The highest BCUT2D eigenvalue weighted by Crippen LogP contribution is 2.34. The number of hydrogen-bond acceptors (Lipinski definition) is 9. The van der Waals surface area contributed by atoms with Crippen LogP contribution in [0.3, 0.4) is 0 Å². The zero-order valence-corrected chi connectivity index (χ0v) is 28.2. The Morgan fingerprint density at radius 1 is 1.00 bits per heavy atom. The molecule has 2 aliphatic carbocycles. The molecule has 0 bridgehead atoms. The van der Waals surface area contributed by atoms with Crippen LogP contribution in [0, 0.1) is 17.3 Å². The van der Waals surface area contributed by atoms with Crippen LogP contribution in [-0.2, 0) is 24.0 Å². The second-order valence-electron chi connectivity index (χ2n) is 14.3. The lowest BCUT2D eigenvalue weighted by Crippen LogP contribution is -2.63. The number of carbonyl (C=O) groups is 6. The van der Waals surface area contributed by atoms with Crippen molar-refractivity contribution in [2.75, 3.05) is 13.1 Å². The molecule has 5 amide bonds. The molecule has 0 radical (unpaired) electrons. The molecule has 48 heavy (non-hydrogen) atoms. The Kier molecular flexibility index (Phi) is 12.4. The number of carbonyl (C=O) groups excluding carboxylic acids is 6. The third-order valence-electron chi connectivity index (χ3n) is 9.41. The number of aromatic nitrogens is 2. The van der Waals surface area contributed by atoms with Crippen LogP contribution in [0.2, 0.25) is 0 Å². The van der Waals surface area contributed by atoms with E-state index in [0.717, 1.165) is 44.9 Å². The third kappa shape index (κ3) is 9.45. The highest BCUT2D eigenvalue weighted by molar-refractivity contribution is 6.38. The number of nitrogens with two attached hydrogens (primary N) is 1. The molecular formula is C34H50N8O6. The first kappa shape index (κ1) is 36.6. The van der Waals surface area contributed by atoms with Crippen LogP contribution in [-0.4, -0.2) is 93.5 Å². The van der Waals surface area contributed by atoms with E-state index in [-0.39, 0.29) is 30.6 Å². The molecule has 3 aliphatic rings. The molecule has 1 saturated heterocycles. The molecule has 2 unspecified atom stereocenters. The van der Waals surface area contributed by atoms with Gasteiger partial charge in [0.25, 0.3) is 11.8 Å². The average molecular weight is 667 g/mol. The molecule has 2 saturated carbocycles. The summed E-state index contributed by atoms with van der Waals surface area (Å²) in [5, 5.41) is 11.0. The molecule has 1 aliphatic heterocycles. The lowest BCUT2D eigenvalue weighted by atomic mass is 9.82. The zero-order chi connectivity index (χ0) is 35.0. The Hall–Kier alpha value is -4.20. The molecule has 2 heterocycles. The van der Waals surface area contributed by atoms with Gasteiger partial charge in [-0.25, -0.2) is 4.98 Å². The van der Waals surface area contributed by atoms with Crippen LogP contribution in [0.1, 0.15) is 89.0 Å². The van der Waals surface area contributed by atoms with E-state index in [1.54, 1.807) is 20.8 Å². The number of rotatable bonds is 14. The van der Waals surface area contributed by atoms with Crippen LogP contribution < -0.4 is 27.0 Å². The maximum atomic E-state index is 14.3. The SMILES string of the molecule is C=CCNC(=O)C(=O)C(CC1CC1)NC(=O)[C@@H]1C(N)CCN1C(=O)[C@@H](NC(=O)[C@@H](NC(=O)c1cnccn1)C1CCCCC1)C(C)(C)C. The van der Waals surface area contributed by atoms with Crippen molar-refractivity contribution in [3.63, 3.8) is 0 Å². The summed E-state index contributed by atoms with van der Waals surface area (Å²) >= 11 is 0. The van der Waals surface area contributed by atoms with Crippen LogP contribution in [0.4, 0.5) is 0 Å². The number of likely N-dealkylation sites (tertiary alicyclic amines) is 1. The number of hydrogen-bond donors (Lipinski definition) is 5. The summed E-state index contributed by atoms with van der Waals surface area (Å²) in [7, 11) is 0. The highest BCUT2D eigenvalue weighted by atomic mass is 16.2. The van der Waals surface area contributed by atoms with Gasteiger partial charge in [0.15, 0.2) is 0 Å². The number of nitrogens with one attached hydrogen (secondary N) is 4. The summed E-state index contributed by atoms with van der Waals surface area (Å²) in [5.41, 5.74) is 5.67. The van der Waals surface area contributed by atoms with E-state index < -0.39 is 70.9 Å². The molecule has 0 spiro atoms. The monoisotopic (exact) mass is 666 g/mol. The summed E-state index contributed by atoms with van der Waals surface area (Å²) in [6.45, 7) is 9.23. The van der Waals surface area contributed by atoms with E-state index in [4.69, 9.17) is 5.73 Å². The van der Waals surface area contributed by atoms with E-state index in [9.17, 15) is 28.8 Å². The molecule has 0 aromatic carbocycles. The van der Waals surface area contributed by atoms with Crippen molar-refractivity contribution < 1.29 is 28.8 Å². The molecule has 14 heteroatoms. The summed E-state index contributed by atoms with van der Waals surface area (Å²) < 4.78 is 0. The number of ketones is 1. The minimum atomic E-state index is -1.12. The van der Waals surface area contributed by atoms with Crippen molar-refractivity contribution in [2.45, 2.75) is 109 Å². The van der Waals surface area contributed by atoms with Crippen LogP contribution in [0.5, 0.6) is 0 Å². The van der Waals surface area contributed by atoms with Gasteiger partial charge in [-0.3, -0.25) is 33.8 Å². The normalized spacial score (nSPS) is 21.7. The number of nitrogens with zero attached hydrogens (tertiary/aromatic N) is 3. The van der Waals surface area contributed by atoms with E-state index in [1.165, 1.54) is 29.6 Å². The van der Waals surface area contributed by atoms with Crippen LogP contribution in [0.15, 0.2) is 31.2 Å². The molecule has 14 nitrogen and oxygen atoms in total. The van der Waals surface area contributed by atoms with Gasteiger partial charge in [-0.15, -0.1) is 6.58 Å². The Bertz CT molecular complexity index is 1350. The smallest absolute Gasteiger partial charge is 0.289 e. The van der Waals surface area contributed by atoms with E-state index >= 15 is 0 Å². The van der Waals surface area contributed by atoms with Gasteiger partial charge in [-0.05, 0) is 42.9 Å². The van der Waals surface area contributed by atoms with Gasteiger partial charge in [0, 0.05) is 31.5 Å². The summed E-state index contributed by atoms with van der Waals surface area (Å²) in [6, 6.07) is -4.89. The van der Waals surface area contributed by atoms with Crippen molar-refractivity contribution in [2.24, 2.45) is 23.0 Å². The first-order valence-corrected chi connectivity index (χ1v) is 17.0. The predicted octanol–water partition coefficient (Wildman–Crippen LogP) is 0.771. The van der Waals surface area contributed by atoms with Crippen molar-refractivity contribution in [3.05, 3.63) is 36.9 Å². The molecule has 4 rings (SSSR count). The molecule has 6 N–H and O–H groups in total. The Morgan fingerprint density at radius 2 is 1.71 bits per heavy atom. The molecule has 1 aromatic heterocycles. The van der Waals surface area contributed by atoms with Gasteiger partial charge in [-0.2, -0.15) is 0 Å². The minimum absolute atomic E-state index is 0.0751. The fraction of sp³-hybridized carbons (Fsp3) is 0.647. The van der Waals surface area contributed by atoms with Gasteiger partial charge >= 0.3 is 0 Å². The summed E-state index contributed by atoms with van der Waals surface area (Å²) in [5.74, 6) is -3.68. The van der Waals surface area contributed by atoms with Gasteiger partial charge in [-0.1, -0.05) is 59.0 Å². The molecule has 1 aromatic rings. The van der Waals surface area contributed by atoms with E-state index in [2.05, 4.69) is 37.8 Å². The predicted molar refractivity (Wildman–Crippen MR) is 177 cm³/mol. The largest absolute Gasteiger partial charge is 0.346 e. The molecule has 262 valence electrons. The topological polar surface area (TPSA) is 206 Å². The second kappa shape index (κ2) is 16.3. The fourth-order valence-electron chi connectivity index (χ4n) is 6.53. The number of amides is 5. The number of Topliss-reactive ketones (excluding diaryl/α,β-unsaturated/α-hetero) is 1. The fourth-order valence-corrected chi connectivity index (χ4v) is 6.53. The van der Waals surface area contributed by atoms with E-state index in [1.807, 2.05) is 0 Å². The van der Waals surface area contributed by atoms with Gasteiger partial charge < -0.3 is 31.9 Å². The maximum Gasteiger partial charge on any atom is 0.289 e. The molecular weight excluding hydrogens is 616 g/mol. The summed E-state index contributed by atoms with van der Waals surface area (Å²) in [6.07, 6.45) is 12.4. The van der Waals surface area contributed by atoms with Crippen LogP contribution >= 0.6 is 0 Å². The lowest BCUT2D eigenvalue weighted by molar-refractivity contribution is -0.145. The molecule has 5 atom stereocenters. The van der Waals surface area contributed by atoms with Gasteiger partial charge in [0.1, 0.15) is 23.8 Å². The third-order valence-corrected chi connectivity index (χ3v) is 9.41. The maximum absolute atomic E-state index is 14.3. The van der Waals surface area contributed by atoms with Crippen molar-refractivity contribution >= 4 is 35.3 Å². The first-order valence-electron chi connectivity index (χ1n) is 17.0. The van der Waals surface area contributed by atoms with Crippen molar-refractivity contribution in [1.82, 2.24) is 36.1 Å². The summed E-state index contributed by atoms with van der Waals surface area (Å²) in [4.78, 5) is 90.0. The van der Waals surface area contributed by atoms with Gasteiger partial charge in [0.2, 0.25) is 23.5 Å². The standard InChI is InChI=1S/C34H50N8O6/c1-5-14-38-32(47)27(43)23(18-20-11-12-20)39-31(46)26-22(35)13-17-42(26)33(48)28(34(2,3)4)41-30(45)25(21-9-7-6-8-10-21)40-29(44)24-19-36-15-16-37-24/h5,15-16,19-23,25-26,28H,1,6-14,17-18,35H2,2-4H3,(H,38,47)(H,39,46)(H,40,44)(H,41,45)/t22?,23?,25-,26-,28+/m0/s1. The van der Waals surface area contributed by atoms with Gasteiger partial charge in [0.05, 0.1) is 12.2 Å². The minimum Gasteiger partial charge on any atom is -0.346 e. The zero-order valence-electron chi connectivity index (χ0n) is 28.2. The van der Waals surface area contributed by atoms with Crippen LogP contribution in [0.25, 0.3) is 0 Å². The lowest BCUT2D eigenvalue weighted by Gasteiger charge is -2.38. The average Bonchev–Trinajstić information content (AvgIpc) is 3.81. The Balaban J connectivity index is 1.52. The molecule has 3 fully saturated rings. The Morgan fingerprint density at radius 3 is 2.31 bits per heavy atom. The van der Waals surface area contributed by atoms with Crippen molar-refractivity contribution in [1.29, 1.82) is 0 Å².